The van der Waals surface area contributed by atoms with Gasteiger partial charge in [-0.3, -0.25) is 9.69 Å². The molecule has 1 aromatic carbocycles. The number of fused-ring (bicyclic) bond motifs is 1. The van der Waals surface area contributed by atoms with Gasteiger partial charge >= 0.3 is 0 Å². The fourth-order valence-corrected chi connectivity index (χ4v) is 3.32. The van der Waals surface area contributed by atoms with E-state index in [0.717, 1.165) is 25.3 Å². The number of rotatable bonds is 4. The van der Waals surface area contributed by atoms with Gasteiger partial charge in [-0.05, 0) is 26.0 Å². The standard InChI is InChI=1S/C15H18F2N2O/c1-18(8-10-5-6-11(16)7-13(10)17)9-19-14-4-2-3-12(14)15(19)20/h5-7,12,14H,2-4,8-9H2,1H3/t12-,14-/m0/s1. The normalized spacial score (nSPS) is 25.0. The Bertz CT molecular complexity index is 535. The molecular formula is C15H18F2N2O. The molecule has 0 radical (unpaired) electrons. The molecule has 0 spiro atoms. The molecular weight excluding hydrogens is 262 g/mol. The van der Waals surface area contributed by atoms with Crippen molar-refractivity contribution in [3.63, 3.8) is 0 Å². The van der Waals surface area contributed by atoms with Crippen LogP contribution in [0.25, 0.3) is 0 Å². The lowest BCUT2D eigenvalue weighted by Crippen LogP contribution is -2.60. The topological polar surface area (TPSA) is 23.6 Å². The van der Waals surface area contributed by atoms with Crippen LogP contribution in [-0.2, 0) is 11.3 Å². The lowest BCUT2D eigenvalue weighted by atomic mass is 9.91. The molecule has 1 aliphatic carbocycles. The van der Waals surface area contributed by atoms with Crippen LogP contribution in [0.5, 0.6) is 0 Å². The Morgan fingerprint density at radius 2 is 2.15 bits per heavy atom. The molecule has 108 valence electrons. The first-order valence-electron chi connectivity index (χ1n) is 6.99. The molecule has 0 bridgehead atoms. The Hall–Kier alpha value is -1.49. The van der Waals surface area contributed by atoms with Crippen molar-refractivity contribution in [2.24, 2.45) is 5.92 Å². The first kappa shape index (κ1) is 13.5. The third-order valence-electron chi connectivity index (χ3n) is 4.33. The summed E-state index contributed by atoms with van der Waals surface area (Å²) in [5, 5.41) is 0. The summed E-state index contributed by atoms with van der Waals surface area (Å²) < 4.78 is 26.4. The number of carbonyl (C=O) groups excluding carboxylic acids is 1. The Balaban J connectivity index is 1.60. The Kier molecular flexibility index (Phi) is 3.46. The summed E-state index contributed by atoms with van der Waals surface area (Å²) in [7, 11) is 1.85. The molecule has 0 unspecified atom stereocenters. The largest absolute Gasteiger partial charge is 0.326 e. The van der Waals surface area contributed by atoms with Crippen LogP contribution < -0.4 is 0 Å². The number of benzene rings is 1. The average Bonchev–Trinajstić information content (AvgIpc) is 2.84. The molecule has 2 atom stereocenters. The van der Waals surface area contributed by atoms with Crippen molar-refractivity contribution in [3.05, 3.63) is 35.4 Å². The van der Waals surface area contributed by atoms with E-state index in [-0.39, 0.29) is 11.8 Å². The van der Waals surface area contributed by atoms with Crippen molar-refractivity contribution >= 4 is 5.91 Å². The molecule has 3 nitrogen and oxygen atoms in total. The number of hydrogen-bond donors (Lipinski definition) is 0. The molecule has 2 fully saturated rings. The molecule has 1 aromatic rings. The van der Waals surface area contributed by atoms with Gasteiger partial charge in [0.2, 0.25) is 5.91 Å². The molecule has 1 saturated heterocycles. The summed E-state index contributed by atoms with van der Waals surface area (Å²) >= 11 is 0. The quantitative estimate of drug-likeness (QED) is 0.791. The number of likely N-dealkylation sites (tertiary alicyclic amines) is 1. The summed E-state index contributed by atoms with van der Waals surface area (Å²) in [6, 6.07) is 3.99. The highest BCUT2D eigenvalue weighted by atomic mass is 19.1. The van der Waals surface area contributed by atoms with Crippen LogP contribution in [-0.4, -0.2) is 35.5 Å². The van der Waals surface area contributed by atoms with E-state index in [0.29, 0.717) is 24.8 Å². The minimum absolute atomic E-state index is 0.221. The molecule has 0 N–H and O–H groups in total. The molecule has 20 heavy (non-hydrogen) atoms. The minimum Gasteiger partial charge on any atom is -0.326 e. The Labute approximate surface area is 117 Å². The van der Waals surface area contributed by atoms with Gasteiger partial charge in [0, 0.05) is 24.2 Å². The number of amides is 1. The SMILES string of the molecule is CN(Cc1ccc(F)cc1F)CN1C(=O)[C@H]2CCC[C@@H]21. The molecule has 1 heterocycles. The van der Waals surface area contributed by atoms with Gasteiger partial charge in [0.25, 0.3) is 0 Å². The Morgan fingerprint density at radius 1 is 1.35 bits per heavy atom. The fraction of sp³-hybridized carbons (Fsp3) is 0.533. The van der Waals surface area contributed by atoms with Crippen molar-refractivity contribution in [3.8, 4) is 0 Å². The zero-order valence-corrected chi connectivity index (χ0v) is 11.5. The van der Waals surface area contributed by atoms with Crippen molar-refractivity contribution in [1.82, 2.24) is 9.80 Å². The molecule has 3 rings (SSSR count). The number of carbonyl (C=O) groups is 1. The fourth-order valence-electron chi connectivity index (χ4n) is 3.32. The second-order valence-electron chi connectivity index (χ2n) is 5.80. The second-order valence-corrected chi connectivity index (χ2v) is 5.80. The minimum atomic E-state index is -0.569. The van der Waals surface area contributed by atoms with Crippen LogP contribution in [0.3, 0.4) is 0 Å². The van der Waals surface area contributed by atoms with Crippen molar-refractivity contribution in [2.45, 2.75) is 31.8 Å². The molecule has 2 aliphatic rings. The maximum atomic E-state index is 13.6. The van der Waals surface area contributed by atoms with Crippen LogP contribution in [0, 0.1) is 17.6 Å². The summed E-state index contributed by atoms with van der Waals surface area (Å²) in [4.78, 5) is 15.7. The highest BCUT2D eigenvalue weighted by Crippen LogP contribution is 2.39. The van der Waals surface area contributed by atoms with E-state index < -0.39 is 11.6 Å². The van der Waals surface area contributed by atoms with E-state index >= 15 is 0 Å². The van der Waals surface area contributed by atoms with Crippen LogP contribution in [0.15, 0.2) is 18.2 Å². The highest BCUT2D eigenvalue weighted by Gasteiger charge is 2.49. The van der Waals surface area contributed by atoms with Crippen LogP contribution in [0.2, 0.25) is 0 Å². The third kappa shape index (κ3) is 2.30. The molecule has 1 amide bonds. The first-order chi connectivity index (χ1) is 9.56. The third-order valence-corrected chi connectivity index (χ3v) is 4.33. The maximum absolute atomic E-state index is 13.6. The predicted molar refractivity (Wildman–Crippen MR) is 70.7 cm³/mol. The zero-order valence-electron chi connectivity index (χ0n) is 11.5. The van der Waals surface area contributed by atoms with Crippen LogP contribution >= 0.6 is 0 Å². The van der Waals surface area contributed by atoms with Gasteiger partial charge in [-0.25, -0.2) is 8.78 Å². The summed E-state index contributed by atoms with van der Waals surface area (Å²) in [6.07, 6.45) is 3.21. The lowest BCUT2D eigenvalue weighted by molar-refractivity contribution is -0.157. The predicted octanol–water partition coefficient (Wildman–Crippen LogP) is 2.37. The Morgan fingerprint density at radius 3 is 2.90 bits per heavy atom. The van der Waals surface area contributed by atoms with E-state index in [1.165, 1.54) is 12.1 Å². The first-order valence-corrected chi connectivity index (χ1v) is 6.99. The highest BCUT2D eigenvalue weighted by molar-refractivity contribution is 5.86. The van der Waals surface area contributed by atoms with Gasteiger partial charge in [-0.1, -0.05) is 12.5 Å². The number of β-lactam (4-membered cyclic amide) rings is 1. The molecule has 5 heteroatoms. The number of nitrogens with zero attached hydrogens (tertiary/aromatic N) is 2. The van der Waals surface area contributed by atoms with Crippen molar-refractivity contribution < 1.29 is 13.6 Å². The van der Waals surface area contributed by atoms with E-state index in [2.05, 4.69) is 0 Å². The van der Waals surface area contributed by atoms with Gasteiger partial charge in [-0.15, -0.1) is 0 Å². The zero-order chi connectivity index (χ0) is 14.3. The molecule has 1 aliphatic heterocycles. The van der Waals surface area contributed by atoms with Crippen LogP contribution in [0.1, 0.15) is 24.8 Å². The molecule has 0 aromatic heterocycles. The smallest absolute Gasteiger partial charge is 0.229 e. The number of halogens is 2. The molecule has 1 saturated carbocycles. The van der Waals surface area contributed by atoms with Gasteiger partial charge in [0.1, 0.15) is 11.6 Å². The van der Waals surface area contributed by atoms with E-state index in [9.17, 15) is 13.6 Å². The van der Waals surface area contributed by atoms with Crippen LogP contribution in [0.4, 0.5) is 8.78 Å². The van der Waals surface area contributed by atoms with Gasteiger partial charge in [-0.2, -0.15) is 0 Å². The van der Waals surface area contributed by atoms with Gasteiger partial charge in [0.05, 0.1) is 12.6 Å². The summed E-state index contributed by atoms with van der Waals surface area (Å²) in [5.74, 6) is -0.656. The summed E-state index contributed by atoms with van der Waals surface area (Å²) in [6.45, 7) is 0.879. The van der Waals surface area contributed by atoms with Gasteiger partial charge < -0.3 is 4.90 Å². The maximum Gasteiger partial charge on any atom is 0.229 e. The van der Waals surface area contributed by atoms with Gasteiger partial charge in [0.15, 0.2) is 0 Å². The van der Waals surface area contributed by atoms with Crippen molar-refractivity contribution in [1.29, 1.82) is 0 Å². The lowest BCUT2D eigenvalue weighted by Gasteiger charge is -2.45. The number of hydrogen-bond acceptors (Lipinski definition) is 2. The van der Waals surface area contributed by atoms with Crippen molar-refractivity contribution in [2.75, 3.05) is 13.7 Å². The van der Waals surface area contributed by atoms with E-state index in [1.807, 2.05) is 16.8 Å². The second kappa shape index (κ2) is 5.13. The van der Waals surface area contributed by atoms with E-state index in [1.54, 1.807) is 0 Å². The monoisotopic (exact) mass is 280 g/mol. The summed E-state index contributed by atoms with van der Waals surface area (Å²) in [5.41, 5.74) is 0.449. The average molecular weight is 280 g/mol. The van der Waals surface area contributed by atoms with E-state index in [4.69, 9.17) is 0 Å².